The number of rotatable bonds is 4. The van der Waals surface area contributed by atoms with Crippen LogP contribution in [0.25, 0.3) is 21.5 Å². The minimum absolute atomic E-state index is 0.324. The van der Waals surface area contributed by atoms with Crippen molar-refractivity contribution in [3.8, 4) is 0 Å². The van der Waals surface area contributed by atoms with E-state index >= 15 is 0 Å². The SMILES string of the molecule is O=S(=O)(c1c(CC(Br)(Br)Br)ccc2ccccc12)c1c(CC(Br)(Br)Br)ccc2ccccc12. The maximum absolute atomic E-state index is 14.6. The summed E-state index contributed by atoms with van der Waals surface area (Å²) in [5.41, 5.74) is 1.42. The Morgan fingerprint density at radius 1 is 0.545 bits per heavy atom. The Bertz CT molecular complexity index is 1350. The molecular formula is C24H16Br6O2S. The number of fused-ring (bicyclic) bond motifs is 2. The molecule has 0 heterocycles. The van der Waals surface area contributed by atoms with Crippen molar-refractivity contribution in [1.29, 1.82) is 0 Å². The van der Waals surface area contributed by atoms with Gasteiger partial charge in [0.15, 0.2) is 0 Å². The Hall–Kier alpha value is 0.230. The molecule has 4 rings (SSSR count). The van der Waals surface area contributed by atoms with Gasteiger partial charge in [-0.15, -0.1) is 0 Å². The van der Waals surface area contributed by atoms with Crippen LogP contribution < -0.4 is 0 Å². The van der Waals surface area contributed by atoms with Gasteiger partial charge in [-0.05, 0) is 21.9 Å². The highest BCUT2D eigenvalue weighted by atomic mass is 80.0. The van der Waals surface area contributed by atoms with Crippen LogP contribution in [-0.4, -0.2) is 12.7 Å². The molecule has 172 valence electrons. The largest absolute Gasteiger partial charge is 0.218 e. The van der Waals surface area contributed by atoms with Crippen molar-refractivity contribution in [2.24, 2.45) is 0 Å². The molecule has 33 heavy (non-hydrogen) atoms. The normalized spacial score (nSPS) is 13.0. The summed E-state index contributed by atoms with van der Waals surface area (Å²) in [6.07, 6.45) is 0.817. The van der Waals surface area contributed by atoms with Gasteiger partial charge in [0.2, 0.25) is 9.84 Å². The van der Waals surface area contributed by atoms with E-state index in [0.717, 1.165) is 10.8 Å². The van der Waals surface area contributed by atoms with Crippen molar-refractivity contribution < 1.29 is 8.42 Å². The average Bonchev–Trinajstić information content (AvgIpc) is 2.70. The topological polar surface area (TPSA) is 34.1 Å². The van der Waals surface area contributed by atoms with Crippen LogP contribution in [0.3, 0.4) is 0 Å². The smallest absolute Gasteiger partial charge is 0.208 e. The summed E-state index contributed by atoms with van der Waals surface area (Å²) in [4.78, 5) is 0.649. The summed E-state index contributed by atoms with van der Waals surface area (Å²) in [7, 11) is -3.92. The molecule has 0 aliphatic heterocycles. The van der Waals surface area contributed by atoms with Gasteiger partial charge in [0.05, 0.1) is 9.79 Å². The van der Waals surface area contributed by atoms with Gasteiger partial charge < -0.3 is 0 Å². The molecule has 0 bridgehead atoms. The highest BCUT2D eigenvalue weighted by Crippen LogP contribution is 2.44. The third-order valence-electron chi connectivity index (χ3n) is 5.24. The van der Waals surface area contributed by atoms with Gasteiger partial charge in [-0.2, -0.15) is 0 Å². The molecule has 0 aliphatic carbocycles. The molecule has 2 nitrogen and oxygen atoms in total. The molecule has 9 heteroatoms. The first-order valence-electron chi connectivity index (χ1n) is 9.77. The van der Waals surface area contributed by atoms with Crippen LogP contribution in [0.2, 0.25) is 0 Å². The summed E-state index contributed by atoms with van der Waals surface area (Å²) in [6.45, 7) is 0. The van der Waals surface area contributed by atoms with Crippen LogP contribution in [0.15, 0.2) is 82.6 Å². The lowest BCUT2D eigenvalue weighted by molar-refractivity contribution is 0.596. The minimum atomic E-state index is -3.92. The number of sulfone groups is 1. The van der Waals surface area contributed by atoms with Crippen molar-refractivity contribution in [3.63, 3.8) is 0 Å². The molecule has 0 amide bonds. The number of benzene rings is 4. The molecule has 0 unspecified atom stereocenters. The zero-order chi connectivity index (χ0) is 24.0. The molecule has 0 radical (unpaired) electrons. The number of alkyl halides is 6. The first-order chi connectivity index (χ1) is 15.4. The maximum atomic E-state index is 14.6. The maximum Gasteiger partial charge on any atom is 0.208 e. The lowest BCUT2D eigenvalue weighted by Crippen LogP contribution is -2.15. The summed E-state index contributed by atoms with van der Waals surface area (Å²) in [6, 6.07) is 22.9. The molecular weight excluding hydrogens is 832 g/mol. The van der Waals surface area contributed by atoms with Crippen molar-refractivity contribution >= 4 is 127 Å². The Morgan fingerprint density at radius 2 is 0.909 bits per heavy atom. The predicted octanol–water partition coefficient (Wildman–Crippen LogP) is 9.59. The first kappa shape index (κ1) is 26.3. The molecule has 0 saturated carbocycles. The second-order valence-corrected chi connectivity index (χ2v) is 24.0. The van der Waals surface area contributed by atoms with E-state index in [2.05, 4.69) is 95.6 Å². The Balaban J connectivity index is 2.11. The minimum Gasteiger partial charge on any atom is -0.218 e. The fraction of sp³-hybridized carbons (Fsp3) is 0.167. The standard InChI is InChI=1S/C24H16Br6O2S/c25-23(26,27)13-17-11-9-15-5-1-3-7-19(15)21(17)33(31,32)22-18(14-24(28,29)30)12-10-16-6-2-4-8-20(16)22/h1-12H,13-14H2. The van der Waals surface area contributed by atoms with E-state index in [-0.39, 0.29) is 0 Å². The Morgan fingerprint density at radius 3 is 1.27 bits per heavy atom. The van der Waals surface area contributed by atoms with Gasteiger partial charge >= 0.3 is 0 Å². The second-order valence-electron chi connectivity index (χ2n) is 7.64. The van der Waals surface area contributed by atoms with Crippen molar-refractivity contribution in [3.05, 3.63) is 83.9 Å². The molecule has 0 aliphatic rings. The van der Waals surface area contributed by atoms with Crippen LogP contribution in [0.4, 0.5) is 0 Å². The first-order valence-corrected chi connectivity index (χ1v) is 16.0. The Labute approximate surface area is 243 Å². The summed E-state index contributed by atoms with van der Waals surface area (Å²) in [5.74, 6) is 0. The summed E-state index contributed by atoms with van der Waals surface area (Å²) >= 11 is 21.3. The number of halogens is 6. The summed E-state index contributed by atoms with van der Waals surface area (Å²) in [5, 5.41) is 3.16. The highest BCUT2D eigenvalue weighted by Gasteiger charge is 2.32. The van der Waals surface area contributed by atoms with Gasteiger partial charge in [0.25, 0.3) is 0 Å². The van der Waals surface area contributed by atoms with Gasteiger partial charge in [-0.25, -0.2) is 8.42 Å². The van der Waals surface area contributed by atoms with Crippen LogP contribution in [0.1, 0.15) is 11.1 Å². The molecule has 0 spiro atoms. The lowest BCUT2D eigenvalue weighted by atomic mass is 10.0. The highest BCUT2D eigenvalue weighted by molar-refractivity contribution is 9.39. The molecule has 4 aromatic rings. The van der Waals surface area contributed by atoms with Crippen LogP contribution in [-0.2, 0) is 22.7 Å². The van der Waals surface area contributed by atoms with E-state index in [9.17, 15) is 8.42 Å². The van der Waals surface area contributed by atoms with Crippen molar-refractivity contribution in [1.82, 2.24) is 0 Å². The van der Waals surface area contributed by atoms with Crippen LogP contribution in [0.5, 0.6) is 0 Å². The monoisotopic (exact) mass is 842 g/mol. The van der Waals surface area contributed by atoms with Gasteiger partial charge in [0, 0.05) is 23.6 Å². The predicted molar refractivity (Wildman–Crippen MR) is 160 cm³/mol. The number of hydrogen-bond donors (Lipinski definition) is 0. The number of hydrogen-bond acceptors (Lipinski definition) is 2. The Kier molecular flexibility index (Phi) is 7.92. The van der Waals surface area contributed by atoms with Crippen molar-refractivity contribution in [2.45, 2.75) is 26.9 Å². The molecule has 0 fully saturated rings. The fourth-order valence-electron chi connectivity index (χ4n) is 4.02. The zero-order valence-electron chi connectivity index (χ0n) is 16.8. The summed E-state index contributed by atoms with van der Waals surface area (Å²) < 4.78 is 27.9. The van der Waals surface area contributed by atoms with Crippen LogP contribution in [0, 0.1) is 0 Å². The van der Waals surface area contributed by atoms with Gasteiger partial charge in [-0.3, -0.25) is 0 Å². The fourth-order valence-corrected chi connectivity index (χ4v) is 7.96. The molecule has 0 saturated heterocycles. The molecule has 0 N–H and O–H groups in total. The van der Waals surface area contributed by atoms with E-state index in [1.807, 2.05) is 72.8 Å². The molecule has 0 atom stereocenters. The van der Waals surface area contributed by atoms with E-state index in [1.165, 1.54) is 0 Å². The van der Waals surface area contributed by atoms with Crippen LogP contribution >= 0.6 is 95.6 Å². The van der Waals surface area contributed by atoms with E-state index < -0.39 is 14.1 Å². The zero-order valence-corrected chi connectivity index (χ0v) is 27.2. The van der Waals surface area contributed by atoms with E-state index in [1.54, 1.807) is 0 Å². The third-order valence-corrected chi connectivity index (χ3v) is 8.96. The quantitative estimate of drug-likeness (QED) is 0.192. The molecule has 4 aromatic carbocycles. The van der Waals surface area contributed by atoms with Gasteiger partial charge in [0.1, 0.15) is 4.29 Å². The second kappa shape index (κ2) is 9.94. The average molecular weight is 848 g/mol. The van der Waals surface area contributed by atoms with E-state index in [0.29, 0.717) is 44.5 Å². The van der Waals surface area contributed by atoms with Crippen molar-refractivity contribution in [2.75, 3.05) is 0 Å². The third kappa shape index (κ3) is 5.97. The van der Waals surface area contributed by atoms with E-state index in [4.69, 9.17) is 0 Å². The lowest BCUT2D eigenvalue weighted by Gasteiger charge is -2.21. The molecule has 0 aromatic heterocycles. The van der Waals surface area contributed by atoms with Gasteiger partial charge in [-0.1, -0.05) is 168 Å².